The highest BCUT2D eigenvalue weighted by Gasteiger charge is 2.11. The molecule has 0 aliphatic rings. The van der Waals surface area contributed by atoms with E-state index in [0.717, 1.165) is 33.7 Å². The van der Waals surface area contributed by atoms with Gasteiger partial charge in [0.2, 0.25) is 0 Å². The van der Waals surface area contributed by atoms with E-state index in [9.17, 15) is 0 Å². The maximum absolute atomic E-state index is 6.31. The van der Waals surface area contributed by atoms with Crippen LogP contribution in [0.2, 0.25) is 0 Å². The van der Waals surface area contributed by atoms with Crippen LogP contribution in [0.5, 0.6) is 5.75 Å². The Morgan fingerprint density at radius 3 is 2.76 bits per heavy atom. The Balaban J connectivity index is 2.08. The van der Waals surface area contributed by atoms with Crippen LogP contribution in [0.1, 0.15) is 0 Å². The van der Waals surface area contributed by atoms with Crippen LogP contribution in [0.4, 0.5) is 17.1 Å². The molecule has 0 radical (unpaired) electrons. The molecule has 0 aliphatic carbocycles. The molecule has 3 aromatic rings. The average Bonchev–Trinajstić information content (AvgIpc) is 2.55. The molecule has 0 saturated carbocycles. The first-order chi connectivity index (χ1) is 10.2. The Hall–Kier alpha value is -2.75. The number of nitrogen functional groups attached to an aromatic ring is 1. The van der Waals surface area contributed by atoms with Crippen molar-refractivity contribution in [3.8, 4) is 5.75 Å². The lowest BCUT2D eigenvalue weighted by Gasteiger charge is -2.22. The molecule has 0 amide bonds. The Morgan fingerprint density at radius 1 is 1.10 bits per heavy atom. The lowest BCUT2D eigenvalue weighted by atomic mass is 10.1. The van der Waals surface area contributed by atoms with Gasteiger partial charge in [-0.15, -0.1) is 0 Å². The van der Waals surface area contributed by atoms with Gasteiger partial charge in [-0.2, -0.15) is 0 Å². The van der Waals surface area contributed by atoms with Gasteiger partial charge >= 0.3 is 0 Å². The first-order valence-corrected chi connectivity index (χ1v) is 6.71. The van der Waals surface area contributed by atoms with Gasteiger partial charge in [-0.1, -0.05) is 6.07 Å². The van der Waals surface area contributed by atoms with E-state index in [1.54, 1.807) is 13.3 Å². The van der Waals surface area contributed by atoms with E-state index in [2.05, 4.69) is 4.98 Å². The Morgan fingerprint density at radius 2 is 1.95 bits per heavy atom. The zero-order chi connectivity index (χ0) is 14.8. The van der Waals surface area contributed by atoms with Crippen molar-refractivity contribution in [1.82, 2.24) is 4.98 Å². The van der Waals surface area contributed by atoms with E-state index in [-0.39, 0.29) is 0 Å². The molecule has 4 heteroatoms. The van der Waals surface area contributed by atoms with E-state index in [4.69, 9.17) is 10.5 Å². The minimum atomic E-state index is 0.728. The van der Waals surface area contributed by atoms with Gasteiger partial charge in [0.05, 0.1) is 24.0 Å². The van der Waals surface area contributed by atoms with Crippen molar-refractivity contribution < 1.29 is 4.74 Å². The topological polar surface area (TPSA) is 51.4 Å². The summed E-state index contributed by atoms with van der Waals surface area (Å²) < 4.78 is 5.27. The summed E-state index contributed by atoms with van der Waals surface area (Å²) in [4.78, 5) is 6.37. The molecule has 2 N–H and O–H groups in total. The van der Waals surface area contributed by atoms with Crippen molar-refractivity contribution in [2.75, 3.05) is 24.8 Å². The molecule has 21 heavy (non-hydrogen) atoms. The summed E-state index contributed by atoms with van der Waals surface area (Å²) in [5, 5.41) is 0.963. The van der Waals surface area contributed by atoms with Gasteiger partial charge in [0.1, 0.15) is 5.75 Å². The summed E-state index contributed by atoms with van der Waals surface area (Å²) >= 11 is 0. The number of hydrogen-bond donors (Lipinski definition) is 1. The van der Waals surface area contributed by atoms with Gasteiger partial charge in [-0.25, -0.2) is 0 Å². The third-order valence-electron chi connectivity index (χ3n) is 3.61. The van der Waals surface area contributed by atoms with Crippen molar-refractivity contribution in [2.45, 2.75) is 0 Å². The van der Waals surface area contributed by atoms with Gasteiger partial charge in [0.15, 0.2) is 0 Å². The highest BCUT2D eigenvalue weighted by molar-refractivity contribution is 5.98. The normalized spacial score (nSPS) is 10.6. The number of pyridine rings is 1. The fraction of sp³-hybridized carbons (Fsp3) is 0.118. The number of rotatable bonds is 3. The minimum absolute atomic E-state index is 0.728. The van der Waals surface area contributed by atoms with E-state index in [1.165, 1.54) is 0 Å². The SMILES string of the molecule is COc1cccc(N(C)c2ccc3ncccc3c2N)c1. The molecule has 0 bridgehead atoms. The van der Waals surface area contributed by atoms with Gasteiger partial charge in [-0.3, -0.25) is 4.98 Å². The van der Waals surface area contributed by atoms with E-state index >= 15 is 0 Å². The van der Waals surface area contributed by atoms with Crippen molar-refractivity contribution in [1.29, 1.82) is 0 Å². The van der Waals surface area contributed by atoms with Crippen molar-refractivity contribution in [3.05, 3.63) is 54.7 Å². The van der Waals surface area contributed by atoms with Crippen LogP contribution in [-0.2, 0) is 0 Å². The molecule has 4 nitrogen and oxygen atoms in total. The number of nitrogens with two attached hydrogens (primary N) is 1. The van der Waals surface area contributed by atoms with Gasteiger partial charge in [-0.05, 0) is 36.4 Å². The average molecular weight is 279 g/mol. The van der Waals surface area contributed by atoms with Crippen LogP contribution in [0.25, 0.3) is 10.9 Å². The quantitative estimate of drug-likeness (QED) is 0.744. The summed E-state index contributed by atoms with van der Waals surface area (Å²) in [7, 11) is 3.65. The third-order valence-corrected chi connectivity index (χ3v) is 3.61. The lowest BCUT2D eigenvalue weighted by Crippen LogP contribution is -2.12. The first kappa shape index (κ1) is 13.2. The van der Waals surface area contributed by atoms with Crippen LogP contribution in [0, 0.1) is 0 Å². The molecular weight excluding hydrogens is 262 g/mol. The molecule has 106 valence electrons. The number of hydrogen-bond acceptors (Lipinski definition) is 4. The monoisotopic (exact) mass is 279 g/mol. The Kier molecular flexibility index (Phi) is 3.36. The molecule has 1 aromatic heterocycles. The predicted molar refractivity (Wildman–Crippen MR) is 87.2 cm³/mol. The highest BCUT2D eigenvalue weighted by Crippen LogP contribution is 2.34. The molecule has 3 rings (SSSR count). The van der Waals surface area contributed by atoms with Crippen molar-refractivity contribution in [3.63, 3.8) is 0 Å². The summed E-state index contributed by atoms with van der Waals surface area (Å²) in [6.07, 6.45) is 1.77. The molecule has 2 aromatic carbocycles. The second-order valence-corrected chi connectivity index (χ2v) is 4.83. The lowest BCUT2D eigenvalue weighted by molar-refractivity contribution is 0.415. The van der Waals surface area contributed by atoms with Gasteiger partial charge < -0.3 is 15.4 Å². The maximum Gasteiger partial charge on any atom is 0.120 e. The van der Waals surface area contributed by atoms with Crippen LogP contribution < -0.4 is 15.4 Å². The molecule has 0 fully saturated rings. The number of nitrogens with zero attached hydrogens (tertiary/aromatic N) is 2. The van der Waals surface area contributed by atoms with Crippen LogP contribution in [0.3, 0.4) is 0 Å². The van der Waals surface area contributed by atoms with E-state index in [0.29, 0.717) is 0 Å². The number of fused-ring (bicyclic) bond motifs is 1. The number of benzene rings is 2. The maximum atomic E-state index is 6.31. The molecule has 0 atom stereocenters. The number of ether oxygens (including phenoxy) is 1. The second-order valence-electron chi connectivity index (χ2n) is 4.83. The number of anilines is 3. The van der Waals surface area contributed by atoms with Gasteiger partial charge in [0, 0.05) is 30.4 Å². The summed E-state index contributed by atoms with van der Waals surface area (Å²) in [6.45, 7) is 0. The van der Waals surface area contributed by atoms with Crippen molar-refractivity contribution in [2.24, 2.45) is 0 Å². The minimum Gasteiger partial charge on any atom is -0.497 e. The van der Waals surface area contributed by atoms with Crippen LogP contribution in [0.15, 0.2) is 54.7 Å². The molecular formula is C17H17N3O. The smallest absolute Gasteiger partial charge is 0.120 e. The molecule has 1 heterocycles. The zero-order valence-electron chi connectivity index (χ0n) is 12.1. The highest BCUT2D eigenvalue weighted by atomic mass is 16.5. The number of methoxy groups -OCH3 is 1. The first-order valence-electron chi connectivity index (χ1n) is 6.71. The fourth-order valence-electron chi connectivity index (χ4n) is 2.41. The summed E-state index contributed by atoms with van der Waals surface area (Å²) in [5.41, 5.74) is 9.91. The Bertz CT molecular complexity index is 786. The molecule has 0 saturated heterocycles. The third kappa shape index (κ3) is 2.36. The number of aromatic nitrogens is 1. The molecule has 0 aliphatic heterocycles. The van der Waals surface area contributed by atoms with Gasteiger partial charge in [0.25, 0.3) is 0 Å². The zero-order valence-corrected chi connectivity index (χ0v) is 12.1. The van der Waals surface area contributed by atoms with E-state index in [1.807, 2.05) is 60.5 Å². The summed E-state index contributed by atoms with van der Waals surface area (Å²) in [6, 6.07) is 15.7. The molecule has 0 unspecified atom stereocenters. The standard InChI is InChI=1S/C17H17N3O/c1-20(12-5-3-6-13(11-12)21-2)16-9-8-15-14(17(16)18)7-4-10-19-15/h3-11H,18H2,1-2H3. The fourth-order valence-corrected chi connectivity index (χ4v) is 2.41. The Labute approximate surface area is 123 Å². The van der Waals surface area contributed by atoms with Crippen LogP contribution in [-0.4, -0.2) is 19.1 Å². The molecule has 0 spiro atoms. The van der Waals surface area contributed by atoms with Crippen LogP contribution >= 0.6 is 0 Å². The summed E-state index contributed by atoms with van der Waals surface area (Å²) in [5.74, 6) is 0.820. The van der Waals surface area contributed by atoms with E-state index < -0.39 is 0 Å². The van der Waals surface area contributed by atoms with Crippen molar-refractivity contribution >= 4 is 28.0 Å². The largest absolute Gasteiger partial charge is 0.497 e. The predicted octanol–water partition coefficient (Wildman–Crippen LogP) is 3.59. The second kappa shape index (κ2) is 5.32.